The third-order valence-corrected chi connectivity index (χ3v) is 8.52. The summed E-state index contributed by atoms with van der Waals surface area (Å²) in [5.74, 6) is 2.44. The van der Waals surface area contributed by atoms with Gasteiger partial charge in [0.2, 0.25) is 0 Å². The van der Waals surface area contributed by atoms with E-state index in [1.165, 1.54) is 17.6 Å². The van der Waals surface area contributed by atoms with E-state index in [0.29, 0.717) is 28.0 Å². The Morgan fingerprint density at radius 3 is 2.84 bits per heavy atom. The maximum absolute atomic E-state index is 12.7. The molecule has 1 unspecified atom stereocenters. The Morgan fingerprint density at radius 1 is 1.36 bits per heavy atom. The average Bonchev–Trinajstić information content (AvgIpc) is 2.85. The van der Waals surface area contributed by atoms with Crippen LogP contribution in [0.1, 0.15) is 46.5 Å². The Kier molecular flexibility index (Phi) is 4.17. The van der Waals surface area contributed by atoms with Crippen LogP contribution in [0.4, 0.5) is 0 Å². The summed E-state index contributed by atoms with van der Waals surface area (Å²) in [6, 6.07) is 0. The zero-order chi connectivity index (χ0) is 18.0. The van der Waals surface area contributed by atoms with E-state index < -0.39 is 0 Å². The fourth-order valence-corrected chi connectivity index (χ4v) is 7.13. The topological polar surface area (TPSA) is 34.1 Å². The minimum Gasteiger partial charge on any atom is -0.299 e. The molecular formula is C22H27IO2. The molecule has 2 fully saturated rings. The molecular weight excluding hydrogens is 423 g/mol. The highest BCUT2D eigenvalue weighted by molar-refractivity contribution is 14.1. The van der Waals surface area contributed by atoms with Gasteiger partial charge in [-0.25, -0.2) is 0 Å². The van der Waals surface area contributed by atoms with E-state index in [9.17, 15) is 9.59 Å². The molecule has 0 aromatic carbocycles. The van der Waals surface area contributed by atoms with Gasteiger partial charge in [-0.2, -0.15) is 0 Å². The Morgan fingerprint density at radius 2 is 2.12 bits per heavy atom. The van der Waals surface area contributed by atoms with Gasteiger partial charge in [0.15, 0.2) is 5.78 Å². The van der Waals surface area contributed by atoms with Crippen LogP contribution in [0.25, 0.3) is 0 Å². The van der Waals surface area contributed by atoms with E-state index in [-0.39, 0.29) is 22.5 Å². The first-order chi connectivity index (χ1) is 11.8. The summed E-state index contributed by atoms with van der Waals surface area (Å²) >= 11 is 2.24. The second-order valence-electron chi connectivity index (χ2n) is 9.02. The molecule has 3 heteroatoms. The molecule has 0 spiro atoms. The van der Waals surface area contributed by atoms with E-state index in [4.69, 9.17) is 0 Å². The quantitative estimate of drug-likeness (QED) is 0.334. The predicted octanol–water partition coefficient (Wildman–Crippen LogP) is 5.08. The fraction of sp³-hybridized carbons (Fsp3) is 0.636. The second-order valence-corrected chi connectivity index (χ2v) is 9.78. The molecule has 4 aliphatic rings. The zero-order valence-electron chi connectivity index (χ0n) is 15.3. The van der Waals surface area contributed by atoms with Crippen LogP contribution in [0, 0.1) is 34.5 Å². The van der Waals surface area contributed by atoms with Gasteiger partial charge in [0, 0.05) is 11.3 Å². The first-order valence-corrected chi connectivity index (χ1v) is 11.1. The number of alkyl halides is 1. The summed E-state index contributed by atoms with van der Waals surface area (Å²) in [4.78, 5) is 24.5. The summed E-state index contributed by atoms with van der Waals surface area (Å²) in [6.45, 7) is 6.94. The summed E-state index contributed by atoms with van der Waals surface area (Å²) in [7, 11) is 0. The first kappa shape index (κ1) is 17.7. The molecule has 4 aliphatic carbocycles. The molecule has 0 radical (unpaired) electrons. The van der Waals surface area contributed by atoms with Crippen molar-refractivity contribution in [3.63, 3.8) is 0 Å². The Bertz CT molecular complexity index is 730. The highest BCUT2D eigenvalue weighted by Crippen LogP contribution is 2.65. The van der Waals surface area contributed by atoms with Crippen molar-refractivity contribution in [1.29, 1.82) is 0 Å². The highest BCUT2D eigenvalue weighted by atomic mass is 127. The number of carbonyl (C=O) groups is 2. The molecule has 134 valence electrons. The molecule has 0 amide bonds. The molecule has 0 N–H and O–H groups in total. The lowest BCUT2D eigenvalue weighted by atomic mass is 9.52. The van der Waals surface area contributed by atoms with Gasteiger partial charge in [-0.3, -0.25) is 9.59 Å². The Labute approximate surface area is 164 Å². The standard InChI is InChI=1S/C22H27IO2/c1-13-10-18-16-5-4-14-11-15(24)6-8-21(14,2)17(16)7-9-22(18,3)20(13)19(25)12-23/h6-8,11,13,16,18,20H,4-5,9-10,12H2,1-3H3/t13?,16-,18+,20-,21+,22+/m1/s1. The number of hydrogen-bond acceptors (Lipinski definition) is 2. The zero-order valence-corrected chi connectivity index (χ0v) is 17.5. The van der Waals surface area contributed by atoms with Crippen molar-refractivity contribution >= 4 is 34.2 Å². The number of hydrogen-bond donors (Lipinski definition) is 0. The highest BCUT2D eigenvalue weighted by Gasteiger charge is 2.58. The lowest BCUT2D eigenvalue weighted by Crippen LogP contribution is -2.45. The van der Waals surface area contributed by atoms with E-state index >= 15 is 0 Å². The SMILES string of the molecule is CC1C[C@H]2[C@@H]3CCC4=CC(=O)C=C[C@]4(C)C3=CC[C@]2(C)[C@H]1C(=O)CI. The summed E-state index contributed by atoms with van der Waals surface area (Å²) < 4.78 is 0.631. The molecule has 25 heavy (non-hydrogen) atoms. The molecule has 4 rings (SSSR count). The van der Waals surface area contributed by atoms with Crippen LogP contribution in [-0.2, 0) is 9.59 Å². The predicted molar refractivity (Wildman–Crippen MR) is 109 cm³/mol. The van der Waals surface area contributed by atoms with Crippen LogP contribution in [0.15, 0.2) is 35.5 Å². The van der Waals surface area contributed by atoms with E-state index in [1.807, 2.05) is 6.08 Å². The van der Waals surface area contributed by atoms with Crippen LogP contribution in [-0.4, -0.2) is 16.0 Å². The average molecular weight is 450 g/mol. The van der Waals surface area contributed by atoms with Crippen molar-refractivity contribution in [2.75, 3.05) is 4.43 Å². The van der Waals surface area contributed by atoms with Crippen LogP contribution in [0.5, 0.6) is 0 Å². The molecule has 0 aromatic rings. The molecule has 6 atom stereocenters. The number of allylic oxidation sites excluding steroid dienone is 6. The van der Waals surface area contributed by atoms with E-state index in [2.05, 4.69) is 55.5 Å². The Hall–Kier alpha value is -0.710. The van der Waals surface area contributed by atoms with Crippen LogP contribution in [0.3, 0.4) is 0 Å². The van der Waals surface area contributed by atoms with E-state index in [1.54, 1.807) is 6.08 Å². The number of halogens is 1. The summed E-state index contributed by atoms with van der Waals surface area (Å²) in [5, 5.41) is 0. The van der Waals surface area contributed by atoms with Crippen molar-refractivity contribution in [3.05, 3.63) is 35.5 Å². The summed E-state index contributed by atoms with van der Waals surface area (Å²) in [6.07, 6.45) is 12.5. The molecule has 0 bridgehead atoms. The third kappa shape index (κ3) is 2.40. The first-order valence-electron chi connectivity index (χ1n) is 9.54. The van der Waals surface area contributed by atoms with Gasteiger partial charge in [0.25, 0.3) is 0 Å². The van der Waals surface area contributed by atoms with Crippen LogP contribution in [0.2, 0.25) is 0 Å². The van der Waals surface area contributed by atoms with Gasteiger partial charge in [0.1, 0.15) is 5.78 Å². The van der Waals surface area contributed by atoms with Crippen molar-refractivity contribution in [2.24, 2.45) is 34.5 Å². The van der Waals surface area contributed by atoms with Crippen molar-refractivity contribution in [2.45, 2.75) is 46.5 Å². The lowest BCUT2D eigenvalue weighted by Gasteiger charge is -2.52. The maximum Gasteiger partial charge on any atom is 0.178 e. The van der Waals surface area contributed by atoms with Crippen LogP contribution >= 0.6 is 22.6 Å². The van der Waals surface area contributed by atoms with E-state index in [0.717, 1.165) is 19.3 Å². The normalized spacial score (nSPS) is 45.2. The number of ketones is 2. The summed E-state index contributed by atoms with van der Waals surface area (Å²) in [5.41, 5.74) is 2.84. The van der Waals surface area contributed by atoms with Crippen molar-refractivity contribution in [1.82, 2.24) is 0 Å². The Balaban J connectivity index is 1.75. The minimum atomic E-state index is -0.0766. The number of fused-ring (bicyclic) bond motifs is 5. The van der Waals surface area contributed by atoms with Crippen molar-refractivity contribution < 1.29 is 9.59 Å². The fourth-order valence-electron chi connectivity index (χ4n) is 6.66. The van der Waals surface area contributed by atoms with Gasteiger partial charge in [-0.1, -0.05) is 59.7 Å². The molecule has 2 saturated carbocycles. The number of rotatable bonds is 2. The molecule has 0 aliphatic heterocycles. The molecule has 2 nitrogen and oxygen atoms in total. The van der Waals surface area contributed by atoms with Gasteiger partial charge < -0.3 is 0 Å². The number of Topliss-reactive ketones (excluding diaryl/α,β-unsaturated/α-hetero) is 1. The monoisotopic (exact) mass is 450 g/mol. The molecule has 0 aromatic heterocycles. The van der Waals surface area contributed by atoms with Gasteiger partial charge >= 0.3 is 0 Å². The van der Waals surface area contributed by atoms with Crippen molar-refractivity contribution in [3.8, 4) is 0 Å². The smallest absolute Gasteiger partial charge is 0.178 e. The second kappa shape index (κ2) is 5.90. The largest absolute Gasteiger partial charge is 0.299 e. The van der Waals surface area contributed by atoms with Crippen LogP contribution < -0.4 is 0 Å². The molecule has 0 saturated heterocycles. The molecule has 0 heterocycles. The third-order valence-electron chi connectivity index (χ3n) is 7.77. The van der Waals surface area contributed by atoms with Gasteiger partial charge in [-0.05, 0) is 67.9 Å². The lowest BCUT2D eigenvalue weighted by molar-refractivity contribution is -0.125. The number of carbonyl (C=O) groups excluding carboxylic acids is 2. The van der Waals surface area contributed by atoms with Gasteiger partial charge in [0.05, 0.1) is 4.43 Å². The maximum atomic E-state index is 12.7. The van der Waals surface area contributed by atoms with Gasteiger partial charge in [-0.15, -0.1) is 0 Å². The minimum absolute atomic E-state index is 0.0766.